The minimum atomic E-state index is -0.138. The first-order valence-corrected chi connectivity index (χ1v) is 6.02. The summed E-state index contributed by atoms with van der Waals surface area (Å²) in [5.74, 6) is 5.38. The number of hydrogen-bond acceptors (Lipinski definition) is 4. The van der Waals surface area contributed by atoms with Gasteiger partial charge in [0.05, 0.1) is 18.0 Å². The van der Waals surface area contributed by atoms with Gasteiger partial charge in [-0.2, -0.15) is 0 Å². The fourth-order valence-corrected chi connectivity index (χ4v) is 1.96. The van der Waals surface area contributed by atoms with E-state index in [9.17, 15) is 4.79 Å². The first-order valence-electron chi connectivity index (χ1n) is 5.20. The third-order valence-electron chi connectivity index (χ3n) is 1.95. The Balaban J connectivity index is 2.36. The van der Waals surface area contributed by atoms with Crippen molar-refractivity contribution in [3.05, 3.63) is 21.9 Å². The molecule has 5 heteroatoms. The van der Waals surface area contributed by atoms with Crippen LogP contribution in [0.2, 0.25) is 0 Å². The summed E-state index contributed by atoms with van der Waals surface area (Å²) in [6, 6.07) is 3.80. The van der Waals surface area contributed by atoms with Crippen LogP contribution in [0, 0.1) is 11.8 Å². The summed E-state index contributed by atoms with van der Waals surface area (Å²) in [6.07, 6.45) is 0.374. The summed E-state index contributed by atoms with van der Waals surface area (Å²) in [5, 5.41) is 11.4. The molecule has 0 aromatic carbocycles. The van der Waals surface area contributed by atoms with Gasteiger partial charge in [0.1, 0.15) is 6.61 Å². The summed E-state index contributed by atoms with van der Waals surface area (Å²) >= 11 is 1.51. The number of ether oxygens (including phenoxy) is 1. The van der Waals surface area contributed by atoms with Gasteiger partial charge in [0.25, 0.3) is 0 Å². The second-order valence-corrected chi connectivity index (χ2v) is 4.41. The molecule has 0 saturated heterocycles. The van der Waals surface area contributed by atoms with Crippen LogP contribution in [-0.4, -0.2) is 31.3 Å². The van der Waals surface area contributed by atoms with Crippen LogP contribution in [0.4, 0.5) is 0 Å². The number of aliphatic hydroxyl groups excluding tert-OH is 1. The summed E-state index contributed by atoms with van der Waals surface area (Å²) in [6.45, 7) is 0.804. The molecule has 1 rings (SSSR count). The third-order valence-corrected chi connectivity index (χ3v) is 2.95. The Labute approximate surface area is 105 Å². The van der Waals surface area contributed by atoms with Crippen molar-refractivity contribution in [3.63, 3.8) is 0 Å². The Bertz CT molecular complexity index is 417. The number of thiophene rings is 1. The molecule has 0 atom stereocenters. The van der Waals surface area contributed by atoms with Crippen LogP contribution in [0.15, 0.2) is 12.1 Å². The minimum absolute atomic E-state index is 0.0248. The van der Waals surface area contributed by atoms with Gasteiger partial charge in [-0.1, -0.05) is 11.8 Å². The number of rotatable bonds is 5. The first-order chi connectivity index (χ1) is 8.26. The molecule has 4 nitrogen and oxygen atoms in total. The largest absolute Gasteiger partial charge is 0.384 e. The van der Waals surface area contributed by atoms with Crippen molar-refractivity contribution < 1.29 is 14.6 Å². The van der Waals surface area contributed by atoms with Gasteiger partial charge in [0, 0.05) is 18.4 Å². The van der Waals surface area contributed by atoms with Gasteiger partial charge in [-0.15, -0.1) is 11.3 Å². The molecule has 0 saturated carbocycles. The zero-order valence-electron chi connectivity index (χ0n) is 9.66. The lowest BCUT2D eigenvalue weighted by atomic mass is 10.4. The van der Waals surface area contributed by atoms with Gasteiger partial charge < -0.3 is 15.2 Å². The molecule has 0 bridgehead atoms. The fraction of sp³-hybridized carbons (Fsp3) is 0.417. The van der Waals surface area contributed by atoms with E-state index in [2.05, 4.69) is 17.2 Å². The molecule has 1 aromatic heterocycles. The van der Waals surface area contributed by atoms with E-state index in [0.29, 0.717) is 19.6 Å². The second-order valence-electron chi connectivity index (χ2n) is 3.25. The highest BCUT2D eigenvalue weighted by Crippen LogP contribution is 2.14. The lowest BCUT2D eigenvalue weighted by Gasteiger charge is -2.02. The standard InChI is InChI=1S/C12H15NO3S/c1-16-8-6-12(15)13-9-11-5-4-10(17-11)3-2-7-14/h4-5,14H,6-9H2,1H3,(H,13,15). The Morgan fingerprint density at radius 3 is 3.12 bits per heavy atom. The Kier molecular flexibility index (Phi) is 6.33. The van der Waals surface area contributed by atoms with Gasteiger partial charge in [0.2, 0.25) is 5.91 Å². The number of methoxy groups -OCH3 is 1. The van der Waals surface area contributed by atoms with Gasteiger partial charge in [-0.3, -0.25) is 4.79 Å². The van der Waals surface area contributed by atoms with Gasteiger partial charge in [0.15, 0.2) is 0 Å². The highest BCUT2D eigenvalue weighted by atomic mass is 32.1. The summed E-state index contributed by atoms with van der Waals surface area (Å²) in [7, 11) is 1.57. The number of aliphatic hydroxyl groups is 1. The van der Waals surface area contributed by atoms with Crippen LogP contribution < -0.4 is 5.32 Å². The lowest BCUT2D eigenvalue weighted by molar-refractivity contribution is -0.122. The van der Waals surface area contributed by atoms with Gasteiger partial charge in [-0.25, -0.2) is 0 Å². The first kappa shape index (κ1) is 13.7. The van der Waals surface area contributed by atoms with E-state index in [-0.39, 0.29) is 12.5 Å². The summed E-state index contributed by atoms with van der Waals surface area (Å²) in [4.78, 5) is 13.2. The molecule has 1 heterocycles. The molecule has 17 heavy (non-hydrogen) atoms. The molecular formula is C12H15NO3S. The quantitative estimate of drug-likeness (QED) is 0.761. The lowest BCUT2D eigenvalue weighted by Crippen LogP contribution is -2.23. The van der Waals surface area contributed by atoms with Crippen molar-refractivity contribution in [2.24, 2.45) is 0 Å². The molecule has 0 unspecified atom stereocenters. The van der Waals surface area contributed by atoms with Crippen molar-refractivity contribution in [1.29, 1.82) is 0 Å². The van der Waals surface area contributed by atoms with Crippen LogP contribution in [0.3, 0.4) is 0 Å². The predicted molar refractivity (Wildman–Crippen MR) is 66.6 cm³/mol. The molecule has 0 aliphatic heterocycles. The van der Waals surface area contributed by atoms with Crippen molar-refractivity contribution >= 4 is 17.2 Å². The van der Waals surface area contributed by atoms with Gasteiger partial charge in [-0.05, 0) is 12.1 Å². The number of hydrogen-bond donors (Lipinski definition) is 2. The van der Waals surface area contributed by atoms with E-state index in [1.165, 1.54) is 11.3 Å². The van der Waals surface area contributed by atoms with E-state index in [1.54, 1.807) is 7.11 Å². The zero-order valence-corrected chi connectivity index (χ0v) is 10.5. The van der Waals surface area contributed by atoms with Crippen LogP contribution in [-0.2, 0) is 16.1 Å². The Hall–Kier alpha value is -1.35. The summed E-state index contributed by atoms with van der Waals surface area (Å²) in [5.41, 5.74) is 0. The average Bonchev–Trinajstić information content (AvgIpc) is 2.79. The topological polar surface area (TPSA) is 58.6 Å². The maximum Gasteiger partial charge on any atom is 0.222 e. The highest BCUT2D eigenvalue weighted by molar-refractivity contribution is 7.12. The normalized spacial score (nSPS) is 9.53. The van der Waals surface area contributed by atoms with E-state index in [4.69, 9.17) is 9.84 Å². The molecule has 0 fully saturated rings. The van der Waals surface area contributed by atoms with E-state index >= 15 is 0 Å². The monoisotopic (exact) mass is 253 g/mol. The SMILES string of the molecule is COCCC(=O)NCc1ccc(C#CCO)s1. The maximum atomic E-state index is 11.3. The van der Waals surface area contributed by atoms with E-state index in [0.717, 1.165) is 9.75 Å². The Morgan fingerprint density at radius 2 is 2.41 bits per heavy atom. The number of carbonyl (C=O) groups excluding carboxylic acids is 1. The maximum absolute atomic E-state index is 11.3. The molecular weight excluding hydrogens is 238 g/mol. The van der Waals surface area contributed by atoms with Crippen molar-refractivity contribution in [1.82, 2.24) is 5.32 Å². The third kappa shape index (κ3) is 5.50. The van der Waals surface area contributed by atoms with E-state index in [1.807, 2.05) is 12.1 Å². The van der Waals surface area contributed by atoms with Crippen molar-refractivity contribution in [2.75, 3.05) is 20.3 Å². The number of amides is 1. The highest BCUT2D eigenvalue weighted by Gasteiger charge is 2.02. The molecule has 1 amide bonds. The average molecular weight is 253 g/mol. The van der Waals surface area contributed by atoms with Crippen LogP contribution in [0.1, 0.15) is 16.2 Å². The van der Waals surface area contributed by atoms with Crippen molar-refractivity contribution in [2.45, 2.75) is 13.0 Å². The smallest absolute Gasteiger partial charge is 0.222 e. The second kappa shape index (κ2) is 7.85. The molecule has 92 valence electrons. The van der Waals surface area contributed by atoms with E-state index < -0.39 is 0 Å². The van der Waals surface area contributed by atoms with Crippen LogP contribution in [0.25, 0.3) is 0 Å². The molecule has 0 spiro atoms. The van der Waals surface area contributed by atoms with Crippen LogP contribution in [0.5, 0.6) is 0 Å². The minimum Gasteiger partial charge on any atom is -0.384 e. The molecule has 0 radical (unpaired) electrons. The summed E-state index contributed by atoms with van der Waals surface area (Å²) < 4.78 is 4.81. The molecule has 2 N–H and O–H groups in total. The zero-order chi connectivity index (χ0) is 12.5. The molecule has 0 aliphatic rings. The molecule has 1 aromatic rings. The molecule has 0 aliphatic carbocycles. The van der Waals surface area contributed by atoms with Crippen LogP contribution >= 0.6 is 11.3 Å². The number of carbonyl (C=O) groups is 1. The Morgan fingerprint density at radius 1 is 1.59 bits per heavy atom. The van der Waals surface area contributed by atoms with Gasteiger partial charge >= 0.3 is 0 Å². The van der Waals surface area contributed by atoms with Crippen molar-refractivity contribution in [3.8, 4) is 11.8 Å². The fourth-order valence-electron chi connectivity index (χ4n) is 1.14. The number of nitrogens with one attached hydrogen (secondary N) is 1. The predicted octanol–water partition coefficient (Wildman–Crippen LogP) is 0.745.